The van der Waals surface area contributed by atoms with E-state index in [-0.39, 0.29) is 11.9 Å². The zero-order chi connectivity index (χ0) is 17.1. The number of amides is 1. The van der Waals surface area contributed by atoms with Crippen LogP contribution in [0.4, 0.5) is 5.95 Å². The normalized spacial score (nSPS) is 18.5. The highest BCUT2D eigenvalue weighted by Crippen LogP contribution is 2.26. The lowest BCUT2D eigenvalue weighted by Gasteiger charge is -2.39. The molecule has 1 saturated heterocycles. The van der Waals surface area contributed by atoms with Crippen LogP contribution in [0.15, 0.2) is 42.7 Å². The molecule has 0 spiro atoms. The molecule has 0 bridgehead atoms. The number of carbonyl (C=O) groups excluding carboxylic acids is 1. The number of aromatic nitrogens is 2. The average Bonchev–Trinajstić information content (AvgIpc) is 2.62. The van der Waals surface area contributed by atoms with Gasteiger partial charge in [-0.2, -0.15) is 0 Å². The molecule has 1 amide bonds. The molecule has 3 rings (SSSR count). The fourth-order valence-electron chi connectivity index (χ4n) is 3.01. The molecule has 6 nitrogen and oxygen atoms in total. The van der Waals surface area contributed by atoms with E-state index in [0.29, 0.717) is 0 Å². The second-order valence-corrected chi connectivity index (χ2v) is 6.32. The van der Waals surface area contributed by atoms with Crippen molar-refractivity contribution >= 4 is 11.9 Å². The summed E-state index contributed by atoms with van der Waals surface area (Å²) in [4.78, 5) is 27.1. The summed E-state index contributed by atoms with van der Waals surface area (Å²) in [5.41, 5.74) is 1.87. The highest BCUT2D eigenvalue weighted by molar-refractivity contribution is 5.94. The molecule has 1 aromatic heterocycles. The number of nitrogens with zero attached hydrogens (tertiary/aromatic N) is 5. The van der Waals surface area contributed by atoms with E-state index in [1.807, 2.05) is 24.3 Å². The van der Waals surface area contributed by atoms with Crippen LogP contribution in [0.3, 0.4) is 0 Å². The molecule has 2 aromatic rings. The van der Waals surface area contributed by atoms with Crippen LogP contribution in [0.25, 0.3) is 0 Å². The predicted octanol–water partition coefficient (Wildman–Crippen LogP) is 1.67. The maximum absolute atomic E-state index is 12.2. The summed E-state index contributed by atoms with van der Waals surface area (Å²) in [7, 11) is 5.67. The molecule has 0 saturated carbocycles. The third kappa shape index (κ3) is 3.38. The van der Waals surface area contributed by atoms with Gasteiger partial charge in [0.05, 0.1) is 6.04 Å². The van der Waals surface area contributed by atoms with Crippen molar-refractivity contribution in [3.63, 3.8) is 0 Å². The Balaban J connectivity index is 1.84. The molecule has 1 aliphatic rings. The Morgan fingerprint density at radius 3 is 2.62 bits per heavy atom. The lowest BCUT2D eigenvalue weighted by Crippen LogP contribution is -2.47. The van der Waals surface area contributed by atoms with E-state index < -0.39 is 0 Å². The number of piperazine rings is 1. The first-order chi connectivity index (χ1) is 11.6. The number of hydrogen-bond acceptors (Lipinski definition) is 5. The van der Waals surface area contributed by atoms with E-state index in [0.717, 1.165) is 36.7 Å². The Hall–Kier alpha value is -2.47. The van der Waals surface area contributed by atoms with Gasteiger partial charge < -0.3 is 9.80 Å². The first-order valence-corrected chi connectivity index (χ1v) is 8.10. The quantitative estimate of drug-likeness (QED) is 0.859. The van der Waals surface area contributed by atoms with E-state index in [9.17, 15) is 4.79 Å². The minimum absolute atomic E-state index is 0.0264. The molecule has 1 aromatic carbocycles. The molecule has 24 heavy (non-hydrogen) atoms. The number of likely N-dealkylation sites (N-methyl/N-ethyl adjacent to an activating group) is 1. The van der Waals surface area contributed by atoms with Gasteiger partial charge in [0.2, 0.25) is 5.95 Å². The topological polar surface area (TPSA) is 52.6 Å². The summed E-state index contributed by atoms with van der Waals surface area (Å²) in [6.07, 6.45) is 3.54. The Kier molecular flexibility index (Phi) is 4.76. The van der Waals surface area contributed by atoms with Gasteiger partial charge in [0.15, 0.2) is 0 Å². The summed E-state index contributed by atoms with van der Waals surface area (Å²) in [5, 5.41) is 0. The van der Waals surface area contributed by atoms with Crippen molar-refractivity contribution in [3.8, 4) is 0 Å². The van der Waals surface area contributed by atoms with Crippen molar-refractivity contribution in [2.75, 3.05) is 45.7 Å². The zero-order valence-corrected chi connectivity index (χ0v) is 14.4. The summed E-state index contributed by atoms with van der Waals surface area (Å²) < 4.78 is 0. The van der Waals surface area contributed by atoms with Gasteiger partial charge in [-0.15, -0.1) is 0 Å². The van der Waals surface area contributed by atoms with Crippen molar-refractivity contribution in [1.29, 1.82) is 0 Å². The molecule has 2 heterocycles. The molecule has 1 aliphatic heterocycles. The lowest BCUT2D eigenvalue weighted by atomic mass is 10.00. The third-order valence-corrected chi connectivity index (χ3v) is 4.41. The van der Waals surface area contributed by atoms with Gasteiger partial charge in [-0.25, -0.2) is 9.97 Å². The average molecular weight is 325 g/mol. The first kappa shape index (κ1) is 16.4. The minimum Gasteiger partial charge on any atom is -0.345 e. The SMILES string of the molecule is CN(C)C(=O)c1cccc([C@@H]2CN(c3ncccn3)CCN2C)c1. The Bertz CT molecular complexity index is 704. The summed E-state index contributed by atoms with van der Waals surface area (Å²) >= 11 is 0. The van der Waals surface area contributed by atoms with E-state index >= 15 is 0 Å². The van der Waals surface area contributed by atoms with Gasteiger partial charge in [-0.3, -0.25) is 9.69 Å². The lowest BCUT2D eigenvalue weighted by molar-refractivity contribution is 0.0827. The highest BCUT2D eigenvalue weighted by Gasteiger charge is 2.27. The monoisotopic (exact) mass is 325 g/mol. The highest BCUT2D eigenvalue weighted by atomic mass is 16.2. The van der Waals surface area contributed by atoms with Crippen molar-refractivity contribution in [1.82, 2.24) is 19.8 Å². The van der Waals surface area contributed by atoms with Crippen LogP contribution >= 0.6 is 0 Å². The molecule has 0 radical (unpaired) electrons. The Labute approximate surface area is 142 Å². The van der Waals surface area contributed by atoms with Crippen molar-refractivity contribution < 1.29 is 4.79 Å². The fourth-order valence-corrected chi connectivity index (χ4v) is 3.01. The molecule has 1 atom stereocenters. The van der Waals surface area contributed by atoms with Crippen LogP contribution in [0, 0.1) is 0 Å². The van der Waals surface area contributed by atoms with Crippen LogP contribution in [0.2, 0.25) is 0 Å². The molecule has 126 valence electrons. The number of rotatable bonds is 3. The molecule has 0 aliphatic carbocycles. The smallest absolute Gasteiger partial charge is 0.253 e. The first-order valence-electron chi connectivity index (χ1n) is 8.10. The van der Waals surface area contributed by atoms with Gasteiger partial charge in [0.1, 0.15) is 0 Å². The van der Waals surface area contributed by atoms with Gasteiger partial charge in [-0.05, 0) is 30.8 Å². The molecule has 0 unspecified atom stereocenters. The molecule has 1 fully saturated rings. The molecular formula is C18H23N5O. The second-order valence-electron chi connectivity index (χ2n) is 6.32. The van der Waals surface area contributed by atoms with Gasteiger partial charge in [0, 0.05) is 51.7 Å². The van der Waals surface area contributed by atoms with Crippen molar-refractivity contribution in [2.45, 2.75) is 6.04 Å². The summed E-state index contributed by atoms with van der Waals surface area (Å²) in [6.45, 7) is 2.63. The fraction of sp³-hybridized carbons (Fsp3) is 0.389. The summed E-state index contributed by atoms with van der Waals surface area (Å²) in [6, 6.07) is 9.94. The molecular weight excluding hydrogens is 302 g/mol. The van der Waals surface area contributed by atoms with Crippen LogP contribution in [-0.4, -0.2) is 66.5 Å². The van der Waals surface area contributed by atoms with E-state index in [1.165, 1.54) is 0 Å². The van der Waals surface area contributed by atoms with E-state index in [1.54, 1.807) is 31.4 Å². The van der Waals surface area contributed by atoms with E-state index in [4.69, 9.17) is 0 Å². The molecule has 6 heteroatoms. The maximum atomic E-state index is 12.2. The van der Waals surface area contributed by atoms with Gasteiger partial charge >= 0.3 is 0 Å². The van der Waals surface area contributed by atoms with Crippen LogP contribution in [-0.2, 0) is 0 Å². The number of anilines is 1. The van der Waals surface area contributed by atoms with Crippen LogP contribution in [0.5, 0.6) is 0 Å². The van der Waals surface area contributed by atoms with Gasteiger partial charge in [0.25, 0.3) is 5.91 Å². The van der Waals surface area contributed by atoms with E-state index in [2.05, 4.69) is 32.9 Å². The van der Waals surface area contributed by atoms with Crippen molar-refractivity contribution in [2.24, 2.45) is 0 Å². The largest absolute Gasteiger partial charge is 0.345 e. The van der Waals surface area contributed by atoms with Crippen molar-refractivity contribution in [3.05, 3.63) is 53.9 Å². The maximum Gasteiger partial charge on any atom is 0.253 e. The van der Waals surface area contributed by atoms with Gasteiger partial charge in [-0.1, -0.05) is 12.1 Å². The Morgan fingerprint density at radius 1 is 1.17 bits per heavy atom. The molecule has 0 N–H and O–H groups in total. The number of benzene rings is 1. The third-order valence-electron chi connectivity index (χ3n) is 4.41. The number of carbonyl (C=O) groups is 1. The Morgan fingerprint density at radius 2 is 1.92 bits per heavy atom. The number of hydrogen-bond donors (Lipinski definition) is 0. The minimum atomic E-state index is 0.0264. The summed E-state index contributed by atoms with van der Waals surface area (Å²) in [5.74, 6) is 0.787. The van der Waals surface area contributed by atoms with Crippen LogP contribution < -0.4 is 4.90 Å². The predicted molar refractivity (Wildman–Crippen MR) is 94.1 cm³/mol. The second kappa shape index (κ2) is 6.97. The van der Waals surface area contributed by atoms with Crippen LogP contribution in [0.1, 0.15) is 22.0 Å². The zero-order valence-electron chi connectivity index (χ0n) is 14.4. The standard InChI is InChI=1S/C18H23N5O/c1-21(2)17(24)15-7-4-6-14(12-15)16-13-23(11-10-22(16)3)18-19-8-5-9-20-18/h4-9,12,16H,10-11,13H2,1-3H3/t16-/m0/s1.